The number of halogens is 2. The van der Waals surface area contributed by atoms with E-state index in [0.717, 1.165) is 0 Å². The van der Waals surface area contributed by atoms with Crippen molar-refractivity contribution in [1.82, 2.24) is 0 Å². The lowest BCUT2D eigenvalue weighted by Gasteiger charge is -2.35. The van der Waals surface area contributed by atoms with Crippen LogP contribution in [0.4, 0.5) is 8.78 Å². The summed E-state index contributed by atoms with van der Waals surface area (Å²) < 4.78 is 29.2. The first kappa shape index (κ1) is 12.7. The minimum Gasteiger partial charge on any atom is -0.200 e. The fraction of sp³-hybridized carbons (Fsp3) is 0.250. The molecule has 0 amide bonds. The second kappa shape index (κ2) is 4.52. The maximum atomic E-state index is 14.6. The van der Waals surface area contributed by atoms with Crippen molar-refractivity contribution in [2.45, 2.75) is 25.2 Å². The molecule has 0 saturated heterocycles. The van der Waals surface area contributed by atoms with Gasteiger partial charge in [-0.2, -0.15) is 0 Å². The summed E-state index contributed by atoms with van der Waals surface area (Å²) in [6.45, 7) is 3.16. The Bertz CT molecular complexity index is 452. The first-order valence-electron chi connectivity index (χ1n) is 5.95. The third-order valence-electron chi connectivity index (χ3n) is 3.42. The van der Waals surface area contributed by atoms with E-state index in [-0.39, 0.29) is 5.56 Å². The summed E-state index contributed by atoms with van der Waals surface area (Å²) in [5, 5.41) is 0. The summed E-state index contributed by atoms with van der Waals surface area (Å²) in [5.74, 6) is -2.91. The Hall–Kier alpha value is -1.70. The van der Waals surface area contributed by atoms with E-state index in [0.29, 0.717) is 5.56 Å². The molecule has 0 unspecified atom stereocenters. The number of rotatable bonds is 3. The van der Waals surface area contributed by atoms with Crippen molar-refractivity contribution in [2.75, 3.05) is 0 Å². The van der Waals surface area contributed by atoms with Crippen molar-refractivity contribution in [3.8, 4) is 0 Å². The number of benzene rings is 2. The SMILES string of the molecule is CC(C)(c1ccccc1)C(F)(F)c1ccccc1. The Kier molecular flexibility index (Phi) is 3.20. The fourth-order valence-electron chi connectivity index (χ4n) is 2.04. The van der Waals surface area contributed by atoms with E-state index in [1.54, 1.807) is 56.3 Å². The van der Waals surface area contributed by atoms with E-state index in [2.05, 4.69) is 0 Å². The van der Waals surface area contributed by atoms with E-state index < -0.39 is 11.3 Å². The maximum Gasteiger partial charge on any atom is 0.282 e. The highest BCUT2D eigenvalue weighted by molar-refractivity contribution is 5.32. The normalized spacial score (nSPS) is 12.4. The van der Waals surface area contributed by atoms with Crippen LogP contribution in [0.25, 0.3) is 0 Å². The molecular formula is C16H16F2. The van der Waals surface area contributed by atoms with Gasteiger partial charge in [-0.25, -0.2) is 8.78 Å². The van der Waals surface area contributed by atoms with Gasteiger partial charge in [0.05, 0.1) is 5.41 Å². The van der Waals surface area contributed by atoms with Gasteiger partial charge >= 0.3 is 0 Å². The van der Waals surface area contributed by atoms with Crippen LogP contribution in [-0.4, -0.2) is 0 Å². The van der Waals surface area contributed by atoms with Crippen molar-refractivity contribution >= 4 is 0 Å². The molecule has 0 aliphatic carbocycles. The number of hydrogen-bond donors (Lipinski definition) is 0. The molecule has 2 rings (SSSR count). The van der Waals surface area contributed by atoms with Crippen molar-refractivity contribution in [2.24, 2.45) is 0 Å². The van der Waals surface area contributed by atoms with Crippen molar-refractivity contribution in [3.63, 3.8) is 0 Å². The maximum absolute atomic E-state index is 14.6. The van der Waals surface area contributed by atoms with Gasteiger partial charge in [0.15, 0.2) is 0 Å². The fourth-order valence-corrected chi connectivity index (χ4v) is 2.04. The van der Waals surface area contributed by atoms with E-state index in [1.165, 1.54) is 12.1 Å². The summed E-state index contributed by atoms with van der Waals surface area (Å²) in [6, 6.07) is 16.9. The molecule has 94 valence electrons. The zero-order valence-corrected chi connectivity index (χ0v) is 10.5. The molecule has 2 heteroatoms. The molecule has 0 aliphatic heterocycles. The molecule has 0 bridgehead atoms. The molecule has 2 aromatic carbocycles. The molecule has 0 spiro atoms. The molecule has 0 heterocycles. The van der Waals surface area contributed by atoms with Gasteiger partial charge in [0.25, 0.3) is 5.92 Å². The minimum absolute atomic E-state index is 0.0545. The van der Waals surface area contributed by atoms with E-state index in [1.807, 2.05) is 6.07 Å². The molecule has 0 radical (unpaired) electrons. The van der Waals surface area contributed by atoms with Crippen LogP contribution in [0.15, 0.2) is 60.7 Å². The van der Waals surface area contributed by atoms with Crippen molar-refractivity contribution in [3.05, 3.63) is 71.8 Å². The van der Waals surface area contributed by atoms with Crippen molar-refractivity contribution in [1.29, 1.82) is 0 Å². The standard InChI is InChI=1S/C16H16F2/c1-15(2,13-9-5-3-6-10-13)16(17,18)14-11-7-4-8-12-14/h3-12H,1-2H3. The van der Waals surface area contributed by atoms with Gasteiger partial charge < -0.3 is 0 Å². The summed E-state index contributed by atoms with van der Waals surface area (Å²) in [5.41, 5.74) is -0.548. The predicted octanol–water partition coefficient (Wildman–Crippen LogP) is 4.76. The molecule has 0 N–H and O–H groups in total. The molecule has 0 fully saturated rings. The molecule has 2 aromatic rings. The van der Waals surface area contributed by atoms with Gasteiger partial charge in [-0.1, -0.05) is 60.7 Å². The third kappa shape index (κ3) is 2.03. The summed E-state index contributed by atoms with van der Waals surface area (Å²) in [7, 11) is 0. The van der Waals surface area contributed by atoms with Crippen LogP contribution >= 0.6 is 0 Å². The second-order valence-corrected chi connectivity index (χ2v) is 4.93. The molecule has 18 heavy (non-hydrogen) atoms. The van der Waals surface area contributed by atoms with Crippen LogP contribution in [0.3, 0.4) is 0 Å². The van der Waals surface area contributed by atoms with Crippen LogP contribution < -0.4 is 0 Å². The van der Waals surface area contributed by atoms with Gasteiger partial charge in [0.2, 0.25) is 0 Å². The molecule has 0 aliphatic rings. The lowest BCUT2D eigenvalue weighted by molar-refractivity contribution is -0.0726. The first-order chi connectivity index (χ1) is 8.46. The van der Waals surface area contributed by atoms with Gasteiger partial charge in [0, 0.05) is 5.56 Å². The third-order valence-corrected chi connectivity index (χ3v) is 3.42. The molecular weight excluding hydrogens is 230 g/mol. The van der Waals surface area contributed by atoms with E-state index in [4.69, 9.17) is 0 Å². The summed E-state index contributed by atoms with van der Waals surface area (Å²) in [6.07, 6.45) is 0. The zero-order valence-electron chi connectivity index (χ0n) is 10.5. The largest absolute Gasteiger partial charge is 0.282 e. The quantitative estimate of drug-likeness (QED) is 0.732. The van der Waals surface area contributed by atoms with Gasteiger partial charge in [-0.3, -0.25) is 0 Å². The highest BCUT2D eigenvalue weighted by atomic mass is 19.3. The van der Waals surface area contributed by atoms with Gasteiger partial charge in [-0.05, 0) is 19.4 Å². The minimum atomic E-state index is -2.91. The Balaban J connectivity index is 2.47. The van der Waals surface area contributed by atoms with Crippen LogP contribution in [0, 0.1) is 0 Å². The monoisotopic (exact) mass is 246 g/mol. The summed E-state index contributed by atoms with van der Waals surface area (Å²) in [4.78, 5) is 0. The smallest absolute Gasteiger partial charge is 0.200 e. The average Bonchev–Trinajstić information content (AvgIpc) is 2.40. The van der Waals surface area contributed by atoms with Gasteiger partial charge in [0.1, 0.15) is 0 Å². The van der Waals surface area contributed by atoms with Crippen LogP contribution in [0.1, 0.15) is 25.0 Å². The molecule has 0 saturated carbocycles. The topological polar surface area (TPSA) is 0 Å². The Morgan fingerprint density at radius 1 is 0.667 bits per heavy atom. The van der Waals surface area contributed by atoms with E-state index in [9.17, 15) is 8.78 Å². The Morgan fingerprint density at radius 3 is 1.50 bits per heavy atom. The second-order valence-electron chi connectivity index (χ2n) is 4.93. The van der Waals surface area contributed by atoms with Crippen molar-refractivity contribution < 1.29 is 8.78 Å². The lowest BCUT2D eigenvalue weighted by atomic mass is 9.76. The Labute approximate surface area is 106 Å². The molecule has 0 atom stereocenters. The highest BCUT2D eigenvalue weighted by Gasteiger charge is 2.48. The van der Waals surface area contributed by atoms with E-state index >= 15 is 0 Å². The highest BCUT2D eigenvalue weighted by Crippen LogP contribution is 2.46. The lowest BCUT2D eigenvalue weighted by Crippen LogP contribution is -2.37. The predicted molar refractivity (Wildman–Crippen MR) is 69.8 cm³/mol. The first-order valence-corrected chi connectivity index (χ1v) is 5.95. The number of alkyl halides is 2. The van der Waals surface area contributed by atoms with Gasteiger partial charge in [-0.15, -0.1) is 0 Å². The molecule has 0 nitrogen and oxygen atoms in total. The zero-order chi connectivity index (χ0) is 13.2. The Morgan fingerprint density at radius 2 is 1.06 bits per heavy atom. The molecule has 0 aromatic heterocycles. The van der Waals surface area contributed by atoms with Crippen LogP contribution in [0.5, 0.6) is 0 Å². The average molecular weight is 246 g/mol. The number of hydrogen-bond acceptors (Lipinski definition) is 0. The summed E-state index contributed by atoms with van der Waals surface area (Å²) >= 11 is 0. The van der Waals surface area contributed by atoms with Crippen LogP contribution in [0.2, 0.25) is 0 Å². The van der Waals surface area contributed by atoms with Crippen LogP contribution in [-0.2, 0) is 11.3 Å².